The quantitative estimate of drug-likeness (QED) is 0.709. The third kappa shape index (κ3) is 3.23. The number of rotatable bonds is 3. The topological polar surface area (TPSA) is 63.6 Å². The molecule has 0 aliphatic carbocycles. The van der Waals surface area contributed by atoms with E-state index in [1.165, 1.54) is 13.8 Å². The Labute approximate surface area is 69.3 Å². The first kappa shape index (κ1) is 10.2. The standard InChI is InChI=1S/C6H9ClO4/c1-6(2,3-4(8)9)5(10)11-7/h3H2,1-2H3,(H,8,9). The predicted octanol–water partition coefficient (Wildman–Crippen LogP) is 1.18. The van der Waals surface area contributed by atoms with Gasteiger partial charge < -0.3 is 9.40 Å². The van der Waals surface area contributed by atoms with Gasteiger partial charge in [-0.1, -0.05) is 0 Å². The summed E-state index contributed by atoms with van der Waals surface area (Å²) in [6, 6.07) is 0. The van der Waals surface area contributed by atoms with E-state index in [1.54, 1.807) is 0 Å². The molecule has 0 atom stereocenters. The SMILES string of the molecule is CC(C)(CC(=O)O)C(=O)OCl. The van der Waals surface area contributed by atoms with Gasteiger partial charge in [0.15, 0.2) is 0 Å². The molecular weight excluding hydrogens is 172 g/mol. The summed E-state index contributed by atoms with van der Waals surface area (Å²) in [5, 5.41) is 8.34. The van der Waals surface area contributed by atoms with Crippen LogP contribution in [0.4, 0.5) is 0 Å². The maximum atomic E-state index is 10.8. The van der Waals surface area contributed by atoms with Crippen LogP contribution < -0.4 is 0 Å². The minimum absolute atomic E-state index is 0.293. The molecular formula is C6H9ClO4. The number of carboxylic acids is 1. The largest absolute Gasteiger partial charge is 0.481 e. The van der Waals surface area contributed by atoms with Gasteiger partial charge in [0.2, 0.25) is 0 Å². The van der Waals surface area contributed by atoms with Crippen molar-refractivity contribution in [1.29, 1.82) is 0 Å². The van der Waals surface area contributed by atoms with Gasteiger partial charge in [-0.25, -0.2) is 4.79 Å². The van der Waals surface area contributed by atoms with E-state index in [4.69, 9.17) is 17.0 Å². The van der Waals surface area contributed by atoms with Crippen LogP contribution in [0.3, 0.4) is 0 Å². The van der Waals surface area contributed by atoms with Crippen LogP contribution in [0.5, 0.6) is 0 Å². The highest BCUT2D eigenvalue weighted by Crippen LogP contribution is 2.22. The first-order valence-electron chi connectivity index (χ1n) is 2.95. The molecule has 1 N–H and O–H groups in total. The Morgan fingerprint density at radius 3 is 2.27 bits per heavy atom. The van der Waals surface area contributed by atoms with E-state index in [9.17, 15) is 9.59 Å². The molecule has 0 aromatic heterocycles. The summed E-state index contributed by atoms with van der Waals surface area (Å²) in [5.74, 6) is -1.79. The maximum Gasteiger partial charge on any atom is 0.330 e. The van der Waals surface area contributed by atoms with Gasteiger partial charge in [-0.05, 0) is 13.8 Å². The molecule has 0 aromatic carbocycles. The first-order valence-corrected chi connectivity index (χ1v) is 3.26. The molecule has 0 aliphatic rings. The molecule has 11 heavy (non-hydrogen) atoms. The molecule has 0 aromatic rings. The molecule has 4 nitrogen and oxygen atoms in total. The summed E-state index contributed by atoms with van der Waals surface area (Å²) in [6.45, 7) is 2.90. The molecule has 0 saturated carbocycles. The van der Waals surface area contributed by atoms with Gasteiger partial charge in [0.25, 0.3) is 0 Å². The molecule has 0 fully saturated rings. The van der Waals surface area contributed by atoms with Crippen LogP contribution in [0.25, 0.3) is 0 Å². The molecule has 0 rings (SSSR count). The lowest BCUT2D eigenvalue weighted by Crippen LogP contribution is -2.27. The Morgan fingerprint density at radius 2 is 2.00 bits per heavy atom. The van der Waals surface area contributed by atoms with Gasteiger partial charge in [0.05, 0.1) is 11.8 Å². The molecule has 5 heteroatoms. The van der Waals surface area contributed by atoms with Crippen molar-refractivity contribution in [2.24, 2.45) is 5.41 Å². The van der Waals surface area contributed by atoms with Gasteiger partial charge in [-0.15, -0.1) is 0 Å². The second-order valence-electron chi connectivity index (χ2n) is 2.82. The summed E-state index contributed by atoms with van der Waals surface area (Å²) in [4.78, 5) is 20.9. The lowest BCUT2D eigenvalue weighted by Gasteiger charge is -2.16. The molecule has 0 radical (unpaired) electrons. The minimum atomic E-state index is -1.06. The zero-order valence-corrected chi connectivity index (χ0v) is 7.01. The average molecular weight is 181 g/mol. The van der Waals surface area contributed by atoms with Crippen molar-refractivity contribution in [1.82, 2.24) is 0 Å². The number of hydrogen-bond donors (Lipinski definition) is 1. The predicted molar refractivity (Wildman–Crippen MR) is 38.0 cm³/mol. The van der Waals surface area contributed by atoms with E-state index in [0.717, 1.165) is 0 Å². The smallest absolute Gasteiger partial charge is 0.330 e. The number of halogens is 1. The van der Waals surface area contributed by atoms with Gasteiger partial charge in [0, 0.05) is 0 Å². The highest BCUT2D eigenvalue weighted by molar-refractivity contribution is 6.13. The highest BCUT2D eigenvalue weighted by atomic mass is 35.5. The van der Waals surface area contributed by atoms with Crippen molar-refractivity contribution in [3.63, 3.8) is 0 Å². The molecule has 0 amide bonds. The number of carbonyl (C=O) groups is 2. The molecule has 0 spiro atoms. The van der Waals surface area contributed by atoms with E-state index in [-0.39, 0.29) is 6.42 Å². The van der Waals surface area contributed by atoms with Crippen molar-refractivity contribution in [3.8, 4) is 0 Å². The van der Waals surface area contributed by atoms with E-state index in [2.05, 4.69) is 4.29 Å². The van der Waals surface area contributed by atoms with Gasteiger partial charge in [0.1, 0.15) is 11.9 Å². The second kappa shape index (κ2) is 3.57. The molecule has 64 valence electrons. The van der Waals surface area contributed by atoms with Crippen LogP contribution in [0, 0.1) is 5.41 Å². The summed E-state index contributed by atoms with van der Waals surface area (Å²) < 4.78 is 3.89. The van der Waals surface area contributed by atoms with Crippen molar-refractivity contribution < 1.29 is 19.0 Å². The molecule has 0 unspecified atom stereocenters. The summed E-state index contributed by atoms with van der Waals surface area (Å²) in [6.07, 6.45) is -0.293. The van der Waals surface area contributed by atoms with Gasteiger partial charge in [-0.2, -0.15) is 0 Å². The fourth-order valence-corrected chi connectivity index (χ4v) is 0.764. The van der Waals surface area contributed by atoms with Crippen LogP contribution >= 0.6 is 11.9 Å². The van der Waals surface area contributed by atoms with Crippen LogP contribution in [0.1, 0.15) is 20.3 Å². The number of aliphatic carboxylic acids is 1. The van der Waals surface area contributed by atoms with Crippen molar-refractivity contribution >= 4 is 23.8 Å². The van der Waals surface area contributed by atoms with Crippen molar-refractivity contribution in [2.75, 3.05) is 0 Å². The normalized spacial score (nSPS) is 10.8. The average Bonchev–Trinajstić information content (AvgIpc) is 1.83. The Hall–Kier alpha value is -0.770. The molecule has 0 aliphatic heterocycles. The molecule has 0 saturated heterocycles. The Balaban J connectivity index is 4.21. The third-order valence-electron chi connectivity index (χ3n) is 1.22. The van der Waals surface area contributed by atoms with Crippen LogP contribution in [-0.4, -0.2) is 17.0 Å². The minimum Gasteiger partial charge on any atom is -0.481 e. The number of carboxylic acid groups (broad SMARTS) is 1. The van der Waals surface area contributed by atoms with Crippen LogP contribution in [0.15, 0.2) is 0 Å². The summed E-state index contributed by atoms with van der Waals surface area (Å²) in [5.41, 5.74) is -1.06. The number of carbonyl (C=O) groups excluding carboxylic acids is 1. The Kier molecular flexibility index (Phi) is 3.32. The van der Waals surface area contributed by atoms with Crippen LogP contribution in [-0.2, 0) is 13.9 Å². The third-order valence-corrected chi connectivity index (χ3v) is 1.36. The lowest BCUT2D eigenvalue weighted by atomic mass is 9.90. The van der Waals surface area contributed by atoms with E-state index in [0.29, 0.717) is 0 Å². The first-order chi connectivity index (χ1) is 4.90. The van der Waals surface area contributed by atoms with E-state index >= 15 is 0 Å². The molecule has 0 heterocycles. The second-order valence-corrected chi connectivity index (χ2v) is 2.97. The van der Waals surface area contributed by atoms with Gasteiger partial charge in [-0.3, -0.25) is 4.79 Å². The summed E-state index contributed by atoms with van der Waals surface area (Å²) >= 11 is 4.78. The fraction of sp³-hybridized carbons (Fsp3) is 0.667. The summed E-state index contributed by atoms with van der Waals surface area (Å²) in [7, 11) is 0. The monoisotopic (exact) mass is 180 g/mol. The van der Waals surface area contributed by atoms with E-state index < -0.39 is 17.4 Å². The fourth-order valence-electron chi connectivity index (χ4n) is 0.555. The van der Waals surface area contributed by atoms with E-state index in [1.807, 2.05) is 0 Å². The van der Waals surface area contributed by atoms with Gasteiger partial charge >= 0.3 is 11.9 Å². The molecule has 0 bridgehead atoms. The van der Waals surface area contributed by atoms with Crippen molar-refractivity contribution in [2.45, 2.75) is 20.3 Å². The zero-order valence-electron chi connectivity index (χ0n) is 6.26. The Bertz CT molecular complexity index is 175. The highest BCUT2D eigenvalue weighted by Gasteiger charge is 2.32. The zero-order chi connectivity index (χ0) is 9.07. The van der Waals surface area contributed by atoms with Crippen LogP contribution in [0.2, 0.25) is 0 Å². The number of hydrogen-bond acceptors (Lipinski definition) is 3. The van der Waals surface area contributed by atoms with Crippen molar-refractivity contribution in [3.05, 3.63) is 0 Å². The Morgan fingerprint density at radius 1 is 1.55 bits per heavy atom. The maximum absolute atomic E-state index is 10.8. The lowest BCUT2D eigenvalue weighted by molar-refractivity contribution is -0.151.